The van der Waals surface area contributed by atoms with Crippen LogP contribution in [0.3, 0.4) is 0 Å². The number of sulfone groups is 1. The van der Waals surface area contributed by atoms with Gasteiger partial charge in [-0.05, 0) is 37.1 Å². The van der Waals surface area contributed by atoms with Crippen molar-refractivity contribution >= 4 is 21.6 Å². The molecule has 0 aromatic heterocycles. The minimum atomic E-state index is -2.77. The van der Waals surface area contributed by atoms with E-state index in [2.05, 4.69) is 36.5 Å². The van der Waals surface area contributed by atoms with Gasteiger partial charge in [0.2, 0.25) is 0 Å². The Kier molecular flexibility index (Phi) is 5.30. The Morgan fingerprint density at radius 1 is 1.32 bits per heavy atom. The number of benzene rings is 1. The van der Waals surface area contributed by atoms with E-state index >= 15 is 0 Å². The van der Waals surface area contributed by atoms with Gasteiger partial charge < -0.3 is 5.32 Å². The van der Waals surface area contributed by atoms with Crippen LogP contribution < -0.4 is 5.32 Å². The van der Waals surface area contributed by atoms with Gasteiger partial charge in [-0.3, -0.25) is 0 Å². The molecule has 1 aliphatic rings. The lowest BCUT2D eigenvalue weighted by Crippen LogP contribution is -2.13. The molecule has 1 N–H and O–H groups in total. The maximum Gasteiger partial charge on any atom is 0.151 e. The van der Waals surface area contributed by atoms with Crippen molar-refractivity contribution in [2.45, 2.75) is 36.5 Å². The zero-order valence-electron chi connectivity index (χ0n) is 11.3. The van der Waals surface area contributed by atoms with Crippen molar-refractivity contribution in [3.05, 3.63) is 29.8 Å². The Hall–Kier alpha value is -0.520. The zero-order valence-corrected chi connectivity index (χ0v) is 12.9. The van der Waals surface area contributed by atoms with E-state index in [-0.39, 0.29) is 5.25 Å². The summed E-state index contributed by atoms with van der Waals surface area (Å²) >= 11 is 1.69. The third kappa shape index (κ3) is 4.82. The number of hydrogen-bond donors (Lipinski definition) is 1. The molecule has 1 atom stereocenters. The van der Waals surface area contributed by atoms with Crippen LogP contribution in [0.1, 0.15) is 25.3 Å². The van der Waals surface area contributed by atoms with Crippen molar-refractivity contribution in [3.63, 3.8) is 0 Å². The molecule has 1 fully saturated rings. The maximum atomic E-state index is 11.4. The van der Waals surface area contributed by atoms with E-state index in [9.17, 15) is 8.42 Å². The van der Waals surface area contributed by atoms with E-state index in [1.54, 1.807) is 11.8 Å². The van der Waals surface area contributed by atoms with Gasteiger partial charge in [0.1, 0.15) is 0 Å². The second-order valence-corrected chi connectivity index (χ2v) is 8.57. The van der Waals surface area contributed by atoms with E-state index < -0.39 is 9.84 Å². The topological polar surface area (TPSA) is 46.2 Å². The van der Waals surface area contributed by atoms with Crippen molar-refractivity contribution in [2.75, 3.05) is 18.1 Å². The van der Waals surface area contributed by atoms with Crippen LogP contribution in [-0.2, 0) is 16.4 Å². The Bertz CT molecular complexity index is 497. The lowest BCUT2D eigenvalue weighted by molar-refractivity contribution is 0.602. The lowest BCUT2D eigenvalue weighted by atomic mass is 10.2. The van der Waals surface area contributed by atoms with Crippen molar-refractivity contribution in [2.24, 2.45) is 0 Å². The summed E-state index contributed by atoms with van der Waals surface area (Å²) in [5.41, 5.74) is 1.27. The first kappa shape index (κ1) is 14.9. The zero-order chi connectivity index (χ0) is 13.7. The van der Waals surface area contributed by atoms with Crippen molar-refractivity contribution in [1.82, 2.24) is 5.32 Å². The third-order valence-electron chi connectivity index (χ3n) is 3.17. The Balaban J connectivity index is 1.85. The summed E-state index contributed by atoms with van der Waals surface area (Å²) in [6.45, 7) is 4.09. The van der Waals surface area contributed by atoms with Crippen LogP contribution in [0.2, 0.25) is 0 Å². The number of hydrogen-bond acceptors (Lipinski definition) is 4. The largest absolute Gasteiger partial charge is 0.313 e. The smallest absolute Gasteiger partial charge is 0.151 e. The SMILES string of the molecule is CCCNCc1ccc(SC2CCS(=O)(=O)C2)cc1. The van der Waals surface area contributed by atoms with E-state index in [0.717, 1.165) is 25.9 Å². The first-order valence-corrected chi connectivity index (χ1v) is 9.46. The van der Waals surface area contributed by atoms with Crippen LogP contribution >= 0.6 is 11.8 Å². The molecule has 1 aromatic carbocycles. The first-order chi connectivity index (χ1) is 9.09. The number of nitrogens with one attached hydrogen (secondary N) is 1. The molecule has 0 bridgehead atoms. The van der Waals surface area contributed by atoms with Gasteiger partial charge in [0, 0.05) is 16.7 Å². The predicted molar refractivity (Wildman–Crippen MR) is 81.4 cm³/mol. The molecule has 5 heteroatoms. The van der Waals surface area contributed by atoms with E-state index in [1.807, 2.05) is 0 Å². The molecule has 0 spiro atoms. The summed E-state index contributed by atoms with van der Waals surface area (Å²) in [5, 5.41) is 3.60. The van der Waals surface area contributed by atoms with E-state index in [0.29, 0.717) is 11.5 Å². The Morgan fingerprint density at radius 3 is 2.63 bits per heavy atom. The van der Waals surface area contributed by atoms with Crippen LogP contribution in [0.5, 0.6) is 0 Å². The standard InChI is InChI=1S/C14H21NO2S2/c1-2-8-15-10-12-3-5-13(6-4-12)18-14-7-9-19(16,17)11-14/h3-6,14-15H,2,7-11H2,1H3. The highest BCUT2D eigenvalue weighted by molar-refractivity contribution is 8.01. The molecular formula is C14H21NO2S2. The fraction of sp³-hybridized carbons (Fsp3) is 0.571. The fourth-order valence-electron chi connectivity index (χ4n) is 2.14. The molecular weight excluding hydrogens is 278 g/mol. The van der Waals surface area contributed by atoms with Crippen LogP contribution in [0.15, 0.2) is 29.2 Å². The van der Waals surface area contributed by atoms with Gasteiger partial charge in [-0.2, -0.15) is 0 Å². The van der Waals surface area contributed by atoms with Gasteiger partial charge in [-0.25, -0.2) is 8.42 Å². The molecule has 2 rings (SSSR count). The maximum absolute atomic E-state index is 11.4. The highest BCUT2D eigenvalue weighted by Gasteiger charge is 2.28. The summed E-state index contributed by atoms with van der Waals surface area (Å²) in [6.07, 6.45) is 1.93. The van der Waals surface area contributed by atoms with Crippen molar-refractivity contribution in [1.29, 1.82) is 0 Å². The minimum absolute atomic E-state index is 0.231. The van der Waals surface area contributed by atoms with Gasteiger partial charge in [-0.15, -0.1) is 11.8 Å². The van der Waals surface area contributed by atoms with E-state index in [4.69, 9.17) is 0 Å². The Morgan fingerprint density at radius 2 is 2.05 bits per heavy atom. The molecule has 106 valence electrons. The molecule has 0 radical (unpaired) electrons. The first-order valence-electron chi connectivity index (χ1n) is 6.76. The van der Waals surface area contributed by atoms with Gasteiger partial charge in [0.05, 0.1) is 11.5 Å². The molecule has 1 aliphatic heterocycles. The molecule has 0 aliphatic carbocycles. The highest BCUT2D eigenvalue weighted by atomic mass is 32.2. The molecule has 1 unspecified atom stereocenters. The lowest BCUT2D eigenvalue weighted by Gasteiger charge is -2.08. The molecule has 1 heterocycles. The summed E-state index contributed by atoms with van der Waals surface area (Å²) < 4.78 is 22.8. The second-order valence-electron chi connectivity index (χ2n) is 4.96. The quantitative estimate of drug-likeness (QED) is 0.820. The summed E-state index contributed by atoms with van der Waals surface area (Å²) in [4.78, 5) is 1.17. The predicted octanol–water partition coefficient (Wildman–Crippen LogP) is 2.47. The third-order valence-corrected chi connectivity index (χ3v) is 6.43. The van der Waals surface area contributed by atoms with Gasteiger partial charge in [0.25, 0.3) is 0 Å². The summed E-state index contributed by atoms with van der Waals surface area (Å²) in [7, 11) is -2.77. The molecule has 1 aromatic rings. The van der Waals surface area contributed by atoms with Crippen LogP contribution in [-0.4, -0.2) is 31.7 Å². The summed E-state index contributed by atoms with van der Waals surface area (Å²) in [6, 6.07) is 8.43. The van der Waals surface area contributed by atoms with Crippen LogP contribution in [0, 0.1) is 0 Å². The molecule has 0 saturated carbocycles. The Labute approximate surface area is 120 Å². The van der Waals surface area contributed by atoms with Crippen LogP contribution in [0.25, 0.3) is 0 Å². The van der Waals surface area contributed by atoms with Crippen molar-refractivity contribution in [3.8, 4) is 0 Å². The van der Waals surface area contributed by atoms with E-state index in [1.165, 1.54) is 10.5 Å². The molecule has 3 nitrogen and oxygen atoms in total. The average Bonchev–Trinajstić information content (AvgIpc) is 2.71. The average molecular weight is 299 g/mol. The minimum Gasteiger partial charge on any atom is -0.313 e. The monoisotopic (exact) mass is 299 g/mol. The second kappa shape index (κ2) is 6.77. The number of rotatable bonds is 6. The van der Waals surface area contributed by atoms with Gasteiger partial charge in [-0.1, -0.05) is 19.1 Å². The normalized spacial score (nSPS) is 21.6. The fourth-order valence-corrected chi connectivity index (χ4v) is 5.64. The van der Waals surface area contributed by atoms with Crippen LogP contribution in [0.4, 0.5) is 0 Å². The van der Waals surface area contributed by atoms with Crippen molar-refractivity contribution < 1.29 is 8.42 Å². The van der Waals surface area contributed by atoms with Gasteiger partial charge >= 0.3 is 0 Å². The summed E-state index contributed by atoms with van der Waals surface area (Å²) in [5.74, 6) is 0.682. The molecule has 1 saturated heterocycles. The highest BCUT2D eigenvalue weighted by Crippen LogP contribution is 2.30. The van der Waals surface area contributed by atoms with Gasteiger partial charge in [0.15, 0.2) is 9.84 Å². The molecule has 19 heavy (non-hydrogen) atoms. The number of thioether (sulfide) groups is 1. The molecule has 0 amide bonds.